The Kier molecular flexibility index (Phi) is 5.50. The molecule has 11 nitrogen and oxygen atoms in total. The number of nitrogens with one attached hydrogen (secondary N) is 1. The van der Waals surface area contributed by atoms with Gasteiger partial charge in [-0.25, -0.2) is 22.9 Å². The van der Waals surface area contributed by atoms with Crippen LogP contribution < -0.4 is 5.69 Å². The highest BCUT2D eigenvalue weighted by molar-refractivity contribution is 7.89. The zero-order valence-electron chi connectivity index (χ0n) is 16.4. The first-order valence-electron chi connectivity index (χ1n) is 9.04. The molecule has 2 heterocycles. The van der Waals surface area contributed by atoms with Gasteiger partial charge < -0.3 is 14.7 Å². The fourth-order valence-electron chi connectivity index (χ4n) is 3.08. The number of para-hydroxylation sites is 1. The zero-order valence-corrected chi connectivity index (χ0v) is 18.0. The summed E-state index contributed by atoms with van der Waals surface area (Å²) in [5, 5.41) is 30.8. The lowest BCUT2D eigenvalue weighted by Crippen LogP contribution is -2.26. The number of aromatic amines is 1. The summed E-state index contributed by atoms with van der Waals surface area (Å²) < 4.78 is 32.9. The summed E-state index contributed by atoms with van der Waals surface area (Å²) in [6.45, 7) is -0.124. The third-order valence-corrected chi connectivity index (χ3v) is 6.80. The van der Waals surface area contributed by atoms with Crippen LogP contribution in [-0.4, -0.2) is 49.9 Å². The highest BCUT2D eigenvalue weighted by Crippen LogP contribution is 2.38. The highest BCUT2D eigenvalue weighted by Gasteiger charge is 2.28. The van der Waals surface area contributed by atoms with E-state index in [1.165, 1.54) is 19.4 Å². The molecule has 0 radical (unpaired) electrons. The molecule has 0 fully saturated rings. The number of rotatable bonds is 6. The van der Waals surface area contributed by atoms with E-state index < -0.39 is 32.1 Å². The Morgan fingerprint density at radius 1 is 1.19 bits per heavy atom. The number of aromatic hydroxyl groups is 2. The normalized spacial score (nSPS) is 11.8. The van der Waals surface area contributed by atoms with Crippen molar-refractivity contribution in [2.24, 2.45) is 0 Å². The molecule has 166 valence electrons. The largest absolute Gasteiger partial charge is 0.507 e. The van der Waals surface area contributed by atoms with Gasteiger partial charge in [0, 0.05) is 19.2 Å². The second-order valence-electron chi connectivity index (χ2n) is 6.73. The van der Waals surface area contributed by atoms with E-state index in [0.717, 1.165) is 21.0 Å². The lowest BCUT2D eigenvalue weighted by atomic mass is 10.1. The van der Waals surface area contributed by atoms with Crippen LogP contribution in [0.15, 0.2) is 62.9 Å². The van der Waals surface area contributed by atoms with Crippen LogP contribution in [-0.2, 0) is 16.6 Å². The molecule has 0 atom stereocenters. The Morgan fingerprint density at radius 2 is 1.94 bits per heavy atom. The fraction of sp³-hybridized carbons (Fsp3) is 0.105. The maximum absolute atomic E-state index is 13.1. The summed E-state index contributed by atoms with van der Waals surface area (Å²) in [5.41, 5.74) is -0.153. The van der Waals surface area contributed by atoms with Gasteiger partial charge in [0.05, 0.1) is 28.5 Å². The van der Waals surface area contributed by atoms with Crippen LogP contribution in [0.4, 0.5) is 0 Å². The summed E-state index contributed by atoms with van der Waals surface area (Å²) in [5.74, 6) is -1.27. The van der Waals surface area contributed by atoms with Gasteiger partial charge >= 0.3 is 5.69 Å². The fourth-order valence-corrected chi connectivity index (χ4v) is 4.53. The van der Waals surface area contributed by atoms with E-state index in [-0.39, 0.29) is 28.6 Å². The molecule has 32 heavy (non-hydrogen) atoms. The van der Waals surface area contributed by atoms with Crippen molar-refractivity contribution in [1.29, 1.82) is 0 Å². The Balaban J connectivity index is 1.85. The van der Waals surface area contributed by atoms with Crippen molar-refractivity contribution >= 4 is 21.6 Å². The maximum atomic E-state index is 13.1. The van der Waals surface area contributed by atoms with Crippen LogP contribution in [0.1, 0.15) is 5.69 Å². The molecule has 0 aliphatic heterocycles. The Bertz CT molecular complexity index is 1450. The molecule has 13 heteroatoms. The number of H-pyrrole nitrogens is 1. The predicted molar refractivity (Wildman–Crippen MR) is 113 cm³/mol. The number of halogens is 1. The second kappa shape index (κ2) is 8.15. The molecular formula is C19H16ClN5O6S. The van der Waals surface area contributed by atoms with E-state index in [1.54, 1.807) is 24.3 Å². The number of hydrogen-bond donors (Lipinski definition) is 3. The summed E-state index contributed by atoms with van der Waals surface area (Å²) in [6.07, 6.45) is 1.30. The first-order chi connectivity index (χ1) is 15.2. The third kappa shape index (κ3) is 3.75. The van der Waals surface area contributed by atoms with Gasteiger partial charge in [0.25, 0.3) is 0 Å². The molecule has 0 bridgehead atoms. The van der Waals surface area contributed by atoms with Crippen LogP contribution in [0, 0.1) is 0 Å². The molecule has 0 aliphatic rings. The quantitative estimate of drug-likeness (QED) is 0.381. The van der Waals surface area contributed by atoms with Gasteiger partial charge in [-0.15, -0.1) is 0 Å². The average Bonchev–Trinajstić information content (AvgIpc) is 3.38. The molecule has 0 unspecified atom stereocenters. The maximum Gasteiger partial charge on any atom is 0.348 e. The standard InChI is InChI=1S/C19H16ClN5O6S/c1-24(10-11-6-7-31-23-11)32(29,30)17-8-12(15(26)9-16(17)27)18-21-22-19(28)25(18)14-5-3-2-4-13(14)20/h2-9,26-27H,10H2,1H3,(H,22,28). The van der Waals surface area contributed by atoms with Crippen molar-refractivity contribution in [2.45, 2.75) is 11.4 Å². The Hall–Kier alpha value is -3.61. The van der Waals surface area contributed by atoms with E-state index in [2.05, 4.69) is 15.4 Å². The molecule has 2 aromatic heterocycles. The molecule has 0 aliphatic carbocycles. The van der Waals surface area contributed by atoms with Crippen molar-refractivity contribution in [3.8, 4) is 28.6 Å². The molecule has 3 N–H and O–H groups in total. The average molecular weight is 478 g/mol. The van der Waals surface area contributed by atoms with Crippen LogP contribution in [0.3, 0.4) is 0 Å². The van der Waals surface area contributed by atoms with Crippen molar-refractivity contribution in [1.82, 2.24) is 24.2 Å². The lowest BCUT2D eigenvalue weighted by molar-refractivity contribution is 0.392. The number of phenolic OH excluding ortho intramolecular Hbond substituents is 2. The van der Waals surface area contributed by atoms with Crippen LogP contribution in [0.5, 0.6) is 11.5 Å². The zero-order chi connectivity index (χ0) is 23.0. The highest BCUT2D eigenvalue weighted by atomic mass is 35.5. The number of nitrogens with zero attached hydrogens (tertiary/aromatic N) is 4. The Morgan fingerprint density at radius 3 is 2.62 bits per heavy atom. The van der Waals surface area contributed by atoms with Crippen LogP contribution in [0.2, 0.25) is 5.02 Å². The van der Waals surface area contributed by atoms with Crippen LogP contribution >= 0.6 is 11.6 Å². The van der Waals surface area contributed by atoms with Crippen molar-refractivity contribution < 1.29 is 23.2 Å². The molecule has 0 amide bonds. The van der Waals surface area contributed by atoms with Gasteiger partial charge in [0.15, 0.2) is 5.82 Å². The monoisotopic (exact) mass is 477 g/mol. The molecular weight excluding hydrogens is 462 g/mol. The Labute approximate surface area is 186 Å². The first kappa shape index (κ1) is 21.6. The minimum absolute atomic E-state index is 0.101. The van der Waals surface area contributed by atoms with E-state index in [0.29, 0.717) is 5.69 Å². The summed E-state index contributed by atoms with van der Waals surface area (Å²) in [7, 11) is -2.94. The number of benzene rings is 2. The van der Waals surface area contributed by atoms with Gasteiger partial charge in [-0.2, -0.15) is 9.40 Å². The molecule has 0 saturated carbocycles. The van der Waals surface area contributed by atoms with Crippen molar-refractivity contribution in [2.75, 3.05) is 7.05 Å². The second-order valence-corrected chi connectivity index (χ2v) is 9.15. The van der Waals surface area contributed by atoms with Crippen molar-refractivity contribution in [3.63, 3.8) is 0 Å². The predicted octanol–water partition coefficient (Wildman–Crippen LogP) is 2.10. The number of phenols is 2. The van der Waals surface area contributed by atoms with Gasteiger partial charge in [-0.1, -0.05) is 28.9 Å². The van der Waals surface area contributed by atoms with Gasteiger partial charge in [0.1, 0.15) is 22.7 Å². The first-order valence-corrected chi connectivity index (χ1v) is 10.9. The van der Waals surface area contributed by atoms with E-state index in [1.807, 2.05) is 0 Å². The molecule has 2 aromatic carbocycles. The van der Waals surface area contributed by atoms with E-state index >= 15 is 0 Å². The molecule has 0 saturated heterocycles. The van der Waals surface area contributed by atoms with E-state index in [4.69, 9.17) is 16.1 Å². The molecule has 0 spiro atoms. The van der Waals surface area contributed by atoms with Gasteiger partial charge in [0.2, 0.25) is 10.0 Å². The molecule has 4 rings (SSSR count). The SMILES string of the molecule is CN(Cc1ccon1)S(=O)(=O)c1cc(-c2n[nH]c(=O)n2-c2ccccc2Cl)c(O)cc1O. The number of hydrogen-bond acceptors (Lipinski definition) is 8. The van der Waals surface area contributed by atoms with Gasteiger partial charge in [-0.3, -0.25) is 0 Å². The topological polar surface area (TPSA) is 155 Å². The summed E-state index contributed by atoms with van der Waals surface area (Å²) in [6, 6.07) is 9.83. The smallest absolute Gasteiger partial charge is 0.348 e. The summed E-state index contributed by atoms with van der Waals surface area (Å²) >= 11 is 6.21. The molecule has 4 aromatic rings. The third-order valence-electron chi connectivity index (χ3n) is 4.65. The summed E-state index contributed by atoms with van der Waals surface area (Å²) in [4.78, 5) is 11.9. The number of sulfonamides is 1. The number of aromatic nitrogens is 4. The van der Waals surface area contributed by atoms with Crippen molar-refractivity contribution in [3.05, 3.63) is 69.9 Å². The van der Waals surface area contributed by atoms with Gasteiger partial charge in [-0.05, 0) is 18.2 Å². The lowest BCUT2D eigenvalue weighted by Gasteiger charge is -2.18. The van der Waals surface area contributed by atoms with E-state index in [9.17, 15) is 23.4 Å². The minimum atomic E-state index is -4.23. The minimum Gasteiger partial charge on any atom is -0.507 e. The van der Waals surface area contributed by atoms with Crippen LogP contribution in [0.25, 0.3) is 17.1 Å².